The van der Waals surface area contributed by atoms with Crippen LogP contribution in [0.2, 0.25) is 0 Å². The molecule has 1 aliphatic carbocycles. The molecule has 1 N–H and O–H groups in total. The van der Waals surface area contributed by atoms with Gasteiger partial charge in [-0.25, -0.2) is 4.68 Å². The summed E-state index contributed by atoms with van der Waals surface area (Å²) in [6.07, 6.45) is 5.23. The molecule has 0 unspecified atom stereocenters. The average molecular weight is 337 g/mol. The second-order valence-corrected chi connectivity index (χ2v) is 6.26. The molecule has 0 atom stereocenters. The maximum absolute atomic E-state index is 11.3. The minimum atomic E-state index is 0.0411. The van der Waals surface area contributed by atoms with Gasteiger partial charge in [-0.05, 0) is 56.0 Å². The Morgan fingerprint density at radius 1 is 1.28 bits per heavy atom. The molecule has 1 aliphatic rings. The van der Waals surface area contributed by atoms with Crippen LogP contribution in [0.1, 0.15) is 46.3 Å². The number of rotatable bonds is 6. The van der Waals surface area contributed by atoms with Crippen molar-refractivity contribution < 1.29 is 9.53 Å². The van der Waals surface area contributed by atoms with Gasteiger partial charge in [0.05, 0.1) is 18.4 Å². The molecule has 4 rings (SSSR count). The summed E-state index contributed by atoms with van der Waals surface area (Å²) in [5.74, 6) is 0.740. The Kier molecular flexibility index (Phi) is 4.05. The molecular weight excluding hydrogens is 318 g/mol. The molecule has 0 amide bonds. The first-order valence-corrected chi connectivity index (χ1v) is 8.37. The van der Waals surface area contributed by atoms with E-state index in [2.05, 4.69) is 20.5 Å². The normalized spacial score (nSPS) is 13.0. The Bertz CT molecular complexity index is 895. The summed E-state index contributed by atoms with van der Waals surface area (Å²) in [5.41, 5.74) is 5.06. The van der Waals surface area contributed by atoms with Crippen molar-refractivity contribution in [3.63, 3.8) is 0 Å². The quantitative estimate of drug-likeness (QED) is 0.698. The number of nitrogens with one attached hydrogen (secondary N) is 1. The van der Waals surface area contributed by atoms with Crippen LogP contribution in [-0.4, -0.2) is 31.0 Å². The Labute approximate surface area is 145 Å². The van der Waals surface area contributed by atoms with Gasteiger partial charge in [0.15, 0.2) is 5.78 Å². The molecule has 7 nitrogen and oxygen atoms in total. The second-order valence-electron chi connectivity index (χ2n) is 6.26. The number of carbonyl (C=O) groups is 1. The first kappa shape index (κ1) is 15.6. The molecule has 1 aromatic carbocycles. The SMILES string of the molecule is CC(=O)c1ccc(OCc2cn(Cc3n[nH]c4c3CCC4)nn2)cc1. The lowest BCUT2D eigenvalue weighted by Crippen LogP contribution is -2.03. The first-order valence-electron chi connectivity index (χ1n) is 8.37. The van der Waals surface area contributed by atoms with Gasteiger partial charge in [-0.3, -0.25) is 9.89 Å². The number of aromatic amines is 1. The van der Waals surface area contributed by atoms with Gasteiger partial charge in [0.1, 0.15) is 18.1 Å². The molecule has 0 radical (unpaired) electrons. The average Bonchev–Trinajstić information content (AvgIpc) is 3.32. The van der Waals surface area contributed by atoms with Gasteiger partial charge in [-0.2, -0.15) is 5.10 Å². The van der Waals surface area contributed by atoms with Crippen molar-refractivity contribution in [2.45, 2.75) is 39.3 Å². The zero-order valence-electron chi connectivity index (χ0n) is 14.0. The van der Waals surface area contributed by atoms with Gasteiger partial charge < -0.3 is 4.74 Å². The van der Waals surface area contributed by atoms with Crippen molar-refractivity contribution >= 4 is 5.78 Å². The zero-order valence-corrected chi connectivity index (χ0v) is 14.0. The van der Waals surface area contributed by atoms with Gasteiger partial charge in [0, 0.05) is 11.3 Å². The molecule has 3 aromatic rings. The number of Topliss-reactive ketones (excluding diaryl/α,β-unsaturated/α-hetero) is 1. The highest BCUT2D eigenvalue weighted by atomic mass is 16.5. The van der Waals surface area contributed by atoms with E-state index in [1.165, 1.54) is 17.7 Å². The summed E-state index contributed by atoms with van der Waals surface area (Å²) in [6.45, 7) is 2.49. The number of ether oxygens (including phenoxy) is 1. The molecule has 0 saturated heterocycles. The molecule has 0 bridgehead atoms. The number of ketones is 1. The Balaban J connectivity index is 1.37. The lowest BCUT2D eigenvalue weighted by atomic mass is 10.1. The van der Waals surface area contributed by atoms with Gasteiger partial charge in [0.2, 0.25) is 0 Å². The number of hydrogen-bond donors (Lipinski definition) is 1. The number of nitrogens with zero attached hydrogens (tertiary/aromatic N) is 4. The van der Waals surface area contributed by atoms with Crippen molar-refractivity contribution in [3.8, 4) is 5.75 Å². The van der Waals surface area contributed by atoms with Gasteiger partial charge in [0.25, 0.3) is 0 Å². The van der Waals surface area contributed by atoms with E-state index >= 15 is 0 Å². The first-order chi connectivity index (χ1) is 12.2. The lowest BCUT2D eigenvalue weighted by molar-refractivity contribution is 0.101. The maximum Gasteiger partial charge on any atom is 0.159 e. The molecule has 25 heavy (non-hydrogen) atoms. The monoisotopic (exact) mass is 337 g/mol. The minimum absolute atomic E-state index is 0.0411. The van der Waals surface area contributed by atoms with Crippen LogP contribution >= 0.6 is 0 Å². The van der Waals surface area contributed by atoms with Crippen LogP contribution in [0.25, 0.3) is 0 Å². The highest BCUT2D eigenvalue weighted by molar-refractivity contribution is 5.94. The predicted octanol–water partition coefficient (Wildman–Crippen LogP) is 2.32. The Morgan fingerprint density at radius 2 is 2.12 bits per heavy atom. The van der Waals surface area contributed by atoms with Crippen LogP contribution in [0.5, 0.6) is 5.75 Å². The molecule has 2 aromatic heterocycles. The number of fused-ring (bicyclic) bond motifs is 1. The molecule has 0 spiro atoms. The number of benzene rings is 1. The summed E-state index contributed by atoms with van der Waals surface area (Å²) >= 11 is 0. The Morgan fingerprint density at radius 3 is 2.92 bits per heavy atom. The number of aromatic nitrogens is 5. The van der Waals surface area contributed by atoms with Crippen LogP contribution in [-0.2, 0) is 26.0 Å². The van der Waals surface area contributed by atoms with Gasteiger partial charge >= 0.3 is 0 Å². The molecule has 0 saturated carbocycles. The van der Waals surface area contributed by atoms with Crippen molar-refractivity contribution in [1.82, 2.24) is 25.2 Å². The third kappa shape index (κ3) is 3.31. The Hall–Kier alpha value is -2.96. The van der Waals surface area contributed by atoms with E-state index < -0.39 is 0 Å². The summed E-state index contributed by atoms with van der Waals surface area (Å²) in [4.78, 5) is 11.3. The predicted molar refractivity (Wildman–Crippen MR) is 90.5 cm³/mol. The lowest BCUT2D eigenvalue weighted by Gasteiger charge is -2.04. The van der Waals surface area contributed by atoms with Gasteiger partial charge in [-0.15, -0.1) is 5.10 Å². The number of carbonyl (C=O) groups excluding carboxylic acids is 1. The van der Waals surface area contributed by atoms with E-state index in [-0.39, 0.29) is 5.78 Å². The van der Waals surface area contributed by atoms with E-state index in [1.807, 2.05) is 6.20 Å². The summed E-state index contributed by atoms with van der Waals surface area (Å²) in [6, 6.07) is 7.09. The van der Waals surface area contributed by atoms with E-state index in [1.54, 1.807) is 35.9 Å². The van der Waals surface area contributed by atoms with E-state index in [9.17, 15) is 4.79 Å². The largest absolute Gasteiger partial charge is 0.487 e. The summed E-state index contributed by atoms with van der Waals surface area (Å²) < 4.78 is 7.48. The van der Waals surface area contributed by atoms with Crippen molar-refractivity contribution in [1.29, 1.82) is 0 Å². The van der Waals surface area contributed by atoms with Crippen LogP contribution in [0, 0.1) is 0 Å². The van der Waals surface area contributed by atoms with Gasteiger partial charge in [-0.1, -0.05) is 5.21 Å². The van der Waals surface area contributed by atoms with Crippen LogP contribution in [0.15, 0.2) is 30.5 Å². The third-order valence-electron chi connectivity index (χ3n) is 4.44. The molecule has 7 heteroatoms. The van der Waals surface area contributed by atoms with E-state index in [4.69, 9.17) is 4.74 Å². The third-order valence-corrected chi connectivity index (χ3v) is 4.44. The summed E-state index contributed by atoms with van der Waals surface area (Å²) in [5, 5.41) is 15.8. The molecule has 0 aliphatic heterocycles. The van der Waals surface area contributed by atoms with Crippen LogP contribution < -0.4 is 4.74 Å². The molecular formula is C18H19N5O2. The fraction of sp³-hybridized carbons (Fsp3) is 0.333. The molecule has 2 heterocycles. The summed E-state index contributed by atoms with van der Waals surface area (Å²) in [7, 11) is 0. The fourth-order valence-electron chi connectivity index (χ4n) is 3.10. The molecule has 0 fully saturated rings. The highest BCUT2D eigenvalue weighted by Gasteiger charge is 2.18. The van der Waals surface area contributed by atoms with Crippen LogP contribution in [0.3, 0.4) is 0 Å². The molecule has 128 valence electrons. The smallest absolute Gasteiger partial charge is 0.159 e. The van der Waals surface area contributed by atoms with Crippen molar-refractivity contribution in [3.05, 3.63) is 58.7 Å². The fourth-order valence-corrected chi connectivity index (χ4v) is 3.10. The highest BCUT2D eigenvalue weighted by Crippen LogP contribution is 2.23. The topological polar surface area (TPSA) is 85.7 Å². The number of hydrogen-bond acceptors (Lipinski definition) is 5. The minimum Gasteiger partial charge on any atom is -0.487 e. The number of H-pyrrole nitrogens is 1. The van der Waals surface area contributed by atoms with E-state index in [0.29, 0.717) is 24.5 Å². The zero-order chi connectivity index (χ0) is 17.2. The second kappa shape index (κ2) is 6.51. The van der Waals surface area contributed by atoms with Crippen molar-refractivity contribution in [2.24, 2.45) is 0 Å². The maximum atomic E-state index is 11.3. The van der Waals surface area contributed by atoms with Crippen molar-refractivity contribution in [2.75, 3.05) is 0 Å². The number of aryl methyl sites for hydroxylation is 1. The standard InChI is InChI=1S/C18H19N5O2/c1-12(24)13-5-7-15(8-6-13)25-11-14-9-23(22-19-14)10-18-16-3-2-4-17(16)20-21-18/h5-9H,2-4,10-11H2,1H3,(H,20,21). The van der Waals surface area contributed by atoms with E-state index in [0.717, 1.165) is 24.2 Å². The van der Waals surface area contributed by atoms with Crippen LogP contribution in [0.4, 0.5) is 0 Å².